The van der Waals surface area contributed by atoms with E-state index in [1.54, 1.807) is 0 Å². The minimum Gasteiger partial charge on any atom is -0.492 e. The standard InChI is InChI=1S/C17H26N2O3/c1-2-20-16-6-4-3-5-15(16)19-11-9-18(10-12-19)8-7-17-21-13-14-22-17/h3-6,17H,2,7-14H2,1H3. The average molecular weight is 306 g/mol. The molecule has 2 heterocycles. The number of rotatable bonds is 6. The first kappa shape index (κ1) is 15.6. The maximum absolute atomic E-state index is 5.74. The lowest BCUT2D eigenvalue weighted by Gasteiger charge is -2.36. The van der Waals surface area contributed by atoms with Crippen molar-refractivity contribution in [3.05, 3.63) is 24.3 Å². The zero-order chi connectivity index (χ0) is 15.2. The van der Waals surface area contributed by atoms with Gasteiger partial charge in [-0.25, -0.2) is 0 Å². The molecule has 2 aliphatic rings. The molecule has 0 N–H and O–H groups in total. The summed E-state index contributed by atoms with van der Waals surface area (Å²) in [7, 11) is 0. The summed E-state index contributed by atoms with van der Waals surface area (Å²) in [5, 5.41) is 0. The van der Waals surface area contributed by atoms with Crippen LogP contribution in [0.4, 0.5) is 5.69 Å². The molecule has 0 unspecified atom stereocenters. The van der Waals surface area contributed by atoms with Gasteiger partial charge in [-0.15, -0.1) is 0 Å². The second-order valence-corrected chi connectivity index (χ2v) is 5.69. The second-order valence-electron chi connectivity index (χ2n) is 5.69. The normalized spacial score (nSPS) is 20.5. The van der Waals surface area contributed by atoms with Crippen LogP contribution in [0.15, 0.2) is 24.3 Å². The number of hydrogen-bond acceptors (Lipinski definition) is 5. The Morgan fingerprint density at radius 2 is 1.82 bits per heavy atom. The van der Waals surface area contributed by atoms with E-state index < -0.39 is 0 Å². The molecule has 1 aromatic rings. The summed E-state index contributed by atoms with van der Waals surface area (Å²) in [5.74, 6) is 0.992. The minimum absolute atomic E-state index is 0.0108. The summed E-state index contributed by atoms with van der Waals surface area (Å²) >= 11 is 0. The second kappa shape index (κ2) is 7.81. The zero-order valence-corrected chi connectivity index (χ0v) is 13.4. The van der Waals surface area contributed by atoms with E-state index >= 15 is 0 Å². The van der Waals surface area contributed by atoms with E-state index in [0.717, 1.165) is 58.1 Å². The van der Waals surface area contributed by atoms with Crippen LogP contribution in [-0.4, -0.2) is 63.7 Å². The minimum atomic E-state index is 0.0108. The van der Waals surface area contributed by atoms with Gasteiger partial charge in [-0.3, -0.25) is 4.90 Å². The van der Waals surface area contributed by atoms with Crippen molar-refractivity contribution in [2.75, 3.05) is 57.4 Å². The summed E-state index contributed by atoms with van der Waals surface area (Å²) < 4.78 is 16.7. The molecule has 1 aromatic carbocycles. The summed E-state index contributed by atoms with van der Waals surface area (Å²) in [5.41, 5.74) is 1.21. The largest absolute Gasteiger partial charge is 0.492 e. The molecule has 0 aliphatic carbocycles. The molecule has 0 radical (unpaired) electrons. The molecule has 0 amide bonds. The van der Waals surface area contributed by atoms with Gasteiger partial charge in [0.2, 0.25) is 0 Å². The molecule has 22 heavy (non-hydrogen) atoms. The topological polar surface area (TPSA) is 34.2 Å². The third-order valence-electron chi connectivity index (χ3n) is 4.25. The van der Waals surface area contributed by atoms with E-state index in [4.69, 9.17) is 14.2 Å². The van der Waals surface area contributed by atoms with Crippen LogP contribution in [0.3, 0.4) is 0 Å². The maximum Gasteiger partial charge on any atom is 0.159 e. The first-order valence-corrected chi connectivity index (χ1v) is 8.29. The van der Waals surface area contributed by atoms with Crippen molar-refractivity contribution < 1.29 is 14.2 Å². The van der Waals surface area contributed by atoms with Crippen LogP contribution in [-0.2, 0) is 9.47 Å². The third-order valence-corrected chi connectivity index (χ3v) is 4.25. The van der Waals surface area contributed by atoms with Crippen LogP contribution >= 0.6 is 0 Å². The zero-order valence-electron chi connectivity index (χ0n) is 13.4. The van der Waals surface area contributed by atoms with E-state index in [1.807, 2.05) is 13.0 Å². The van der Waals surface area contributed by atoms with Gasteiger partial charge in [-0.05, 0) is 19.1 Å². The number of anilines is 1. The predicted octanol–water partition coefficient (Wildman–Crippen LogP) is 1.97. The van der Waals surface area contributed by atoms with Gasteiger partial charge in [-0.2, -0.15) is 0 Å². The Kier molecular flexibility index (Phi) is 5.53. The molecule has 5 heteroatoms. The number of benzene rings is 1. The average Bonchev–Trinajstić information content (AvgIpc) is 3.08. The Balaban J connectivity index is 1.48. The molecule has 0 saturated carbocycles. The SMILES string of the molecule is CCOc1ccccc1N1CCN(CCC2OCCO2)CC1. The fraction of sp³-hybridized carbons (Fsp3) is 0.647. The van der Waals surface area contributed by atoms with E-state index in [2.05, 4.69) is 28.0 Å². The Bertz CT molecular complexity index is 455. The molecule has 0 bridgehead atoms. The Hall–Kier alpha value is -1.30. The van der Waals surface area contributed by atoms with Crippen molar-refractivity contribution >= 4 is 5.69 Å². The van der Waals surface area contributed by atoms with Crippen molar-refractivity contribution in [1.29, 1.82) is 0 Å². The molecule has 0 spiro atoms. The van der Waals surface area contributed by atoms with Gasteiger partial charge in [0, 0.05) is 39.1 Å². The highest BCUT2D eigenvalue weighted by molar-refractivity contribution is 5.58. The highest BCUT2D eigenvalue weighted by Crippen LogP contribution is 2.28. The first-order valence-electron chi connectivity index (χ1n) is 8.29. The van der Waals surface area contributed by atoms with Crippen LogP contribution in [0.1, 0.15) is 13.3 Å². The Labute approximate surface area is 132 Å². The van der Waals surface area contributed by atoms with Crippen LogP contribution in [0.5, 0.6) is 5.75 Å². The van der Waals surface area contributed by atoms with Gasteiger partial charge in [0.05, 0.1) is 25.5 Å². The first-order chi connectivity index (χ1) is 10.9. The van der Waals surface area contributed by atoms with Crippen LogP contribution in [0, 0.1) is 0 Å². The number of hydrogen-bond donors (Lipinski definition) is 0. The van der Waals surface area contributed by atoms with Crippen LogP contribution in [0.25, 0.3) is 0 Å². The third kappa shape index (κ3) is 3.91. The van der Waals surface area contributed by atoms with E-state index in [1.165, 1.54) is 5.69 Å². The molecular formula is C17H26N2O3. The predicted molar refractivity (Wildman–Crippen MR) is 86.6 cm³/mol. The molecule has 2 aliphatic heterocycles. The maximum atomic E-state index is 5.74. The molecule has 0 aromatic heterocycles. The smallest absolute Gasteiger partial charge is 0.159 e. The molecule has 5 nitrogen and oxygen atoms in total. The van der Waals surface area contributed by atoms with Crippen molar-refractivity contribution in [3.63, 3.8) is 0 Å². The molecule has 2 saturated heterocycles. The quantitative estimate of drug-likeness (QED) is 0.803. The van der Waals surface area contributed by atoms with Crippen molar-refractivity contribution in [3.8, 4) is 5.75 Å². The highest BCUT2D eigenvalue weighted by Gasteiger charge is 2.22. The highest BCUT2D eigenvalue weighted by atomic mass is 16.7. The number of piperazine rings is 1. The Morgan fingerprint density at radius 3 is 2.55 bits per heavy atom. The lowest BCUT2D eigenvalue weighted by atomic mass is 10.2. The molecule has 0 atom stereocenters. The van der Waals surface area contributed by atoms with E-state index in [-0.39, 0.29) is 6.29 Å². The van der Waals surface area contributed by atoms with Gasteiger partial charge in [-0.1, -0.05) is 12.1 Å². The molecular weight excluding hydrogens is 280 g/mol. The van der Waals surface area contributed by atoms with Gasteiger partial charge in [0.15, 0.2) is 6.29 Å². The molecule has 122 valence electrons. The van der Waals surface area contributed by atoms with Crippen LogP contribution < -0.4 is 9.64 Å². The van der Waals surface area contributed by atoms with Gasteiger partial charge >= 0.3 is 0 Å². The summed E-state index contributed by atoms with van der Waals surface area (Å²) in [6, 6.07) is 8.33. The van der Waals surface area contributed by atoms with Gasteiger partial charge in [0.25, 0.3) is 0 Å². The van der Waals surface area contributed by atoms with Crippen LogP contribution in [0.2, 0.25) is 0 Å². The van der Waals surface area contributed by atoms with E-state index in [9.17, 15) is 0 Å². The van der Waals surface area contributed by atoms with Crippen molar-refractivity contribution in [2.24, 2.45) is 0 Å². The summed E-state index contributed by atoms with van der Waals surface area (Å²) in [6.45, 7) is 9.50. The molecule has 3 rings (SSSR count). The number of nitrogens with zero attached hydrogens (tertiary/aromatic N) is 2. The fourth-order valence-corrected chi connectivity index (χ4v) is 3.07. The van der Waals surface area contributed by atoms with Crippen molar-refractivity contribution in [2.45, 2.75) is 19.6 Å². The summed E-state index contributed by atoms with van der Waals surface area (Å²) in [4.78, 5) is 4.91. The summed E-state index contributed by atoms with van der Waals surface area (Å²) in [6.07, 6.45) is 0.979. The van der Waals surface area contributed by atoms with E-state index in [0.29, 0.717) is 6.61 Å². The lowest BCUT2D eigenvalue weighted by Crippen LogP contribution is -2.47. The molecule has 2 fully saturated rings. The fourth-order valence-electron chi connectivity index (χ4n) is 3.07. The van der Waals surface area contributed by atoms with Gasteiger partial charge < -0.3 is 19.1 Å². The number of ether oxygens (including phenoxy) is 3. The number of para-hydroxylation sites is 2. The van der Waals surface area contributed by atoms with Crippen molar-refractivity contribution in [1.82, 2.24) is 4.90 Å². The Morgan fingerprint density at radius 1 is 1.09 bits per heavy atom. The lowest BCUT2D eigenvalue weighted by molar-refractivity contribution is -0.0516. The monoisotopic (exact) mass is 306 g/mol. The van der Waals surface area contributed by atoms with Gasteiger partial charge in [0.1, 0.15) is 5.75 Å².